The summed E-state index contributed by atoms with van der Waals surface area (Å²) in [5, 5.41) is 0. The Kier molecular flexibility index (Phi) is 3.54. The van der Waals surface area contributed by atoms with Crippen LogP contribution in [-0.2, 0) is 4.79 Å². The molecule has 1 aliphatic rings. The molecule has 15 heavy (non-hydrogen) atoms. The van der Waals surface area contributed by atoms with Crippen LogP contribution < -0.4 is 0 Å². The maximum atomic E-state index is 10.4. The highest BCUT2D eigenvalue weighted by atomic mass is 16.1. The Labute approximate surface area is 91.5 Å². The summed E-state index contributed by atoms with van der Waals surface area (Å²) < 4.78 is 0. The maximum absolute atomic E-state index is 10.4. The quantitative estimate of drug-likeness (QED) is 0.685. The summed E-state index contributed by atoms with van der Waals surface area (Å²) in [5.41, 5.74) is 1.47. The molecule has 0 N–H and O–H groups in total. The molecule has 80 valence electrons. The smallest absolute Gasteiger partial charge is 0.120 e. The molecule has 1 heteroatoms. The van der Waals surface area contributed by atoms with Gasteiger partial charge in [-0.25, -0.2) is 0 Å². The third-order valence-corrected chi connectivity index (χ3v) is 3.55. The van der Waals surface area contributed by atoms with E-state index < -0.39 is 0 Å². The molecular formula is C14H18O. The van der Waals surface area contributed by atoms with Crippen molar-refractivity contribution in [2.24, 2.45) is 5.92 Å². The first-order valence-electron chi connectivity index (χ1n) is 5.88. The van der Waals surface area contributed by atoms with Gasteiger partial charge < -0.3 is 4.79 Å². The minimum atomic E-state index is 0.655. The van der Waals surface area contributed by atoms with E-state index in [1.54, 1.807) is 0 Å². The zero-order chi connectivity index (χ0) is 10.5. The Hall–Kier alpha value is -1.11. The number of aldehydes is 1. The lowest BCUT2D eigenvalue weighted by molar-refractivity contribution is -0.108. The number of carbonyl (C=O) groups is 1. The van der Waals surface area contributed by atoms with Crippen LogP contribution in [0, 0.1) is 5.92 Å². The van der Waals surface area contributed by atoms with Crippen molar-refractivity contribution in [2.75, 3.05) is 0 Å². The molecule has 2 rings (SSSR count). The van der Waals surface area contributed by atoms with Gasteiger partial charge in [0.15, 0.2) is 0 Å². The van der Waals surface area contributed by atoms with Crippen LogP contribution in [-0.4, -0.2) is 6.29 Å². The molecule has 0 radical (unpaired) electrons. The van der Waals surface area contributed by atoms with Crippen molar-refractivity contribution in [1.82, 2.24) is 0 Å². The summed E-state index contributed by atoms with van der Waals surface area (Å²) in [7, 11) is 0. The van der Waals surface area contributed by atoms with Gasteiger partial charge in [-0.05, 0) is 43.1 Å². The largest absolute Gasteiger partial charge is 0.303 e. The average molecular weight is 202 g/mol. The van der Waals surface area contributed by atoms with Crippen molar-refractivity contribution in [3.8, 4) is 0 Å². The molecule has 0 saturated heterocycles. The second-order valence-electron chi connectivity index (χ2n) is 4.53. The Balaban J connectivity index is 1.91. The standard InChI is InChI=1S/C14H18O/c15-11-10-12-6-8-14(9-7-12)13-4-2-1-3-5-13/h1-5,11-12,14H,6-10H2/t12-,14-. The molecule has 1 nitrogen and oxygen atoms in total. The minimum Gasteiger partial charge on any atom is -0.303 e. The van der Waals surface area contributed by atoms with Crippen molar-refractivity contribution >= 4 is 6.29 Å². The molecule has 0 unspecified atom stereocenters. The highest BCUT2D eigenvalue weighted by Crippen LogP contribution is 2.36. The van der Waals surface area contributed by atoms with Gasteiger partial charge in [0.1, 0.15) is 6.29 Å². The van der Waals surface area contributed by atoms with Gasteiger partial charge in [-0.1, -0.05) is 30.3 Å². The Bertz CT molecular complexity index is 296. The molecule has 0 aliphatic heterocycles. The van der Waals surface area contributed by atoms with Crippen molar-refractivity contribution in [1.29, 1.82) is 0 Å². The summed E-state index contributed by atoms with van der Waals surface area (Å²) >= 11 is 0. The lowest BCUT2D eigenvalue weighted by atomic mass is 9.78. The van der Waals surface area contributed by atoms with Crippen LogP contribution in [0.1, 0.15) is 43.6 Å². The van der Waals surface area contributed by atoms with Crippen LogP contribution in [0.3, 0.4) is 0 Å². The number of hydrogen-bond donors (Lipinski definition) is 0. The molecule has 0 aromatic heterocycles. The van der Waals surface area contributed by atoms with Crippen LogP contribution in [0.5, 0.6) is 0 Å². The lowest BCUT2D eigenvalue weighted by Gasteiger charge is -2.27. The van der Waals surface area contributed by atoms with E-state index in [0.717, 1.165) is 18.6 Å². The van der Waals surface area contributed by atoms with E-state index in [0.29, 0.717) is 5.92 Å². The predicted octanol–water partition coefficient (Wildman–Crippen LogP) is 3.55. The second kappa shape index (κ2) is 5.11. The molecule has 1 aromatic carbocycles. The topological polar surface area (TPSA) is 17.1 Å². The van der Waals surface area contributed by atoms with E-state index in [1.165, 1.54) is 31.2 Å². The SMILES string of the molecule is O=CC[C@H]1CC[C@H](c2ccccc2)CC1. The van der Waals surface area contributed by atoms with Crippen LogP contribution in [0.15, 0.2) is 30.3 Å². The number of carbonyl (C=O) groups excluding carboxylic acids is 1. The molecule has 1 aromatic rings. The second-order valence-corrected chi connectivity index (χ2v) is 4.53. The molecule has 0 heterocycles. The first-order chi connectivity index (χ1) is 7.40. The molecule has 1 aliphatic carbocycles. The van der Waals surface area contributed by atoms with Gasteiger partial charge in [0.25, 0.3) is 0 Å². The zero-order valence-electron chi connectivity index (χ0n) is 9.06. The van der Waals surface area contributed by atoms with E-state index in [4.69, 9.17) is 0 Å². The highest BCUT2D eigenvalue weighted by Gasteiger charge is 2.21. The van der Waals surface area contributed by atoms with Gasteiger partial charge in [0.2, 0.25) is 0 Å². The van der Waals surface area contributed by atoms with Crippen molar-refractivity contribution in [2.45, 2.75) is 38.0 Å². The van der Waals surface area contributed by atoms with Crippen LogP contribution in [0.2, 0.25) is 0 Å². The third kappa shape index (κ3) is 2.68. The third-order valence-electron chi connectivity index (χ3n) is 3.55. The molecular weight excluding hydrogens is 184 g/mol. The van der Waals surface area contributed by atoms with E-state index in [1.807, 2.05) is 0 Å². The summed E-state index contributed by atoms with van der Waals surface area (Å²) in [4.78, 5) is 10.4. The van der Waals surface area contributed by atoms with Gasteiger partial charge in [0, 0.05) is 6.42 Å². The number of benzene rings is 1. The van der Waals surface area contributed by atoms with Crippen molar-refractivity contribution < 1.29 is 4.79 Å². The average Bonchev–Trinajstić information content (AvgIpc) is 2.32. The fourth-order valence-electron chi connectivity index (χ4n) is 2.59. The van der Waals surface area contributed by atoms with Gasteiger partial charge in [-0.3, -0.25) is 0 Å². The number of hydrogen-bond acceptors (Lipinski definition) is 1. The van der Waals surface area contributed by atoms with Gasteiger partial charge in [-0.2, -0.15) is 0 Å². The maximum Gasteiger partial charge on any atom is 0.120 e. The summed E-state index contributed by atoms with van der Waals surface area (Å²) in [6.07, 6.45) is 6.79. The first kappa shape index (κ1) is 10.4. The lowest BCUT2D eigenvalue weighted by Crippen LogP contribution is -2.13. The molecule has 0 bridgehead atoms. The molecule has 1 saturated carbocycles. The Morgan fingerprint density at radius 1 is 1.07 bits per heavy atom. The highest BCUT2D eigenvalue weighted by molar-refractivity contribution is 5.49. The van der Waals surface area contributed by atoms with Crippen molar-refractivity contribution in [3.05, 3.63) is 35.9 Å². The van der Waals surface area contributed by atoms with E-state index in [9.17, 15) is 4.79 Å². The van der Waals surface area contributed by atoms with E-state index >= 15 is 0 Å². The van der Waals surface area contributed by atoms with Crippen LogP contribution >= 0.6 is 0 Å². The molecule has 1 fully saturated rings. The fraction of sp³-hybridized carbons (Fsp3) is 0.500. The van der Waals surface area contributed by atoms with Gasteiger partial charge >= 0.3 is 0 Å². The minimum absolute atomic E-state index is 0.655. The zero-order valence-corrected chi connectivity index (χ0v) is 9.06. The van der Waals surface area contributed by atoms with E-state index in [2.05, 4.69) is 30.3 Å². The van der Waals surface area contributed by atoms with E-state index in [-0.39, 0.29) is 0 Å². The predicted molar refractivity (Wildman–Crippen MR) is 61.8 cm³/mol. The first-order valence-corrected chi connectivity index (χ1v) is 5.88. The van der Waals surface area contributed by atoms with Gasteiger partial charge in [0.05, 0.1) is 0 Å². The van der Waals surface area contributed by atoms with Gasteiger partial charge in [-0.15, -0.1) is 0 Å². The number of rotatable bonds is 3. The summed E-state index contributed by atoms with van der Waals surface area (Å²) in [6, 6.07) is 10.8. The fourth-order valence-corrected chi connectivity index (χ4v) is 2.59. The van der Waals surface area contributed by atoms with Crippen molar-refractivity contribution in [3.63, 3.8) is 0 Å². The Morgan fingerprint density at radius 3 is 2.33 bits per heavy atom. The van der Waals surface area contributed by atoms with Crippen LogP contribution in [0.25, 0.3) is 0 Å². The monoisotopic (exact) mass is 202 g/mol. The molecule has 0 spiro atoms. The summed E-state index contributed by atoms with van der Waals surface area (Å²) in [6.45, 7) is 0. The van der Waals surface area contributed by atoms with Crippen LogP contribution in [0.4, 0.5) is 0 Å². The Morgan fingerprint density at radius 2 is 1.73 bits per heavy atom. The summed E-state index contributed by atoms with van der Waals surface area (Å²) in [5.74, 6) is 1.39. The molecule has 0 atom stereocenters. The molecule has 0 amide bonds. The normalized spacial score (nSPS) is 26.1.